The van der Waals surface area contributed by atoms with Crippen molar-refractivity contribution in [3.8, 4) is 5.75 Å². The van der Waals surface area contributed by atoms with Crippen LogP contribution < -0.4 is 11.1 Å². The quantitative estimate of drug-likeness (QED) is 0.809. The number of amides is 1. The molecule has 0 fully saturated rings. The van der Waals surface area contributed by atoms with E-state index in [0.29, 0.717) is 6.54 Å². The molecule has 1 unspecified atom stereocenters. The monoisotopic (exact) mass is 288 g/mol. The maximum atomic E-state index is 13.6. The highest BCUT2D eigenvalue weighted by Crippen LogP contribution is 2.17. The van der Waals surface area contributed by atoms with E-state index >= 15 is 0 Å². The molecule has 2 aromatic carbocycles. The summed E-state index contributed by atoms with van der Waals surface area (Å²) < 4.78 is 13.6. The molecule has 0 aliphatic heterocycles. The van der Waals surface area contributed by atoms with Gasteiger partial charge in [-0.15, -0.1) is 0 Å². The molecule has 0 aliphatic carbocycles. The maximum absolute atomic E-state index is 13.6. The van der Waals surface area contributed by atoms with Crippen molar-refractivity contribution in [2.24, 2.45) is 5.73 Å². The van der Waals surface area contributed by atoms with Crippen LogP contribution in [0, 0.1) is 5.82 Å². The van der Waals surface area contributed by atoms with Crippen molar-refractivity contribution in [2.45, 2.75) is 19.5 Å². The maximum Gasteiger partial charge on any atom is 0.254 e. The van der Waals surface area contributed by atoms with Crippen molar-refractivity contribution < 1.29 is 14.3 Å². The lowest BCUT2D eigenvalue weighted by atomic mass is 10.1. The molecule has 1 atom stereocenters. The normalized spacial score (nSPS) is 12.0. The van der Waals surface area contributed by atoms with Crippen LogP contribution in [0.5, 0.6) is 5.75 Å². The minimum atomic E-state index is -0.752. The molecule has 0 saturated heterocycles. The summed E-state index contributed by atoms with van der Waals surface area (Å²) in [6.07, 6.45) is 0. The van der Waals surface area contributed by atoms with E-state index in [2.05, 4.69) is 5.32 Å². The molecule has 21 heavy (non-hydrogen) atoms. The van der Waals surface area contributed by atoms with E-state index in [1.165, 1.54) is 12.1 Å². The van der Waals surface area contributed by atoms with Crippen LogP contribution in [0.4, 0.5) is 4.39 Å². The number of phenolic OH excluding ortho intramolecular Hbond substituents is 1. The summed E-state index contributed by atoms with van der Waals surface area (Å²) in [6, 6.07) is 10.7. The van der Waals surface area contributed by atoms with Crippen molar-refractivity contribution in [1.82, 2.24) is 5.32 Å². The van der Waals surface area contributed by atoms with Gasteiger partial charge < -0.3 is 16.2 Å². The number of hydrogen-bond acceptors (Lipinski definition) is 3. The van der Waals surface area contributed by atoms with E-state index in [0.717, 1.165) is 17.2 Å². The van der Waals surface area contributed by atoms with E-state index in [9.17, 15) is 9.18 Å². The SMILES string of the molecule is CC(NC(=O)c1ccc(O)cc1F)c1ccc(CN)cc1. The number of halogens is 1. The third-order valence-electron chi connectivity index (χ3n) is 3.26. The Morgan fingerprint density at radius 2 is 1.95 bits per heavy atom. The van der Waals surface area contributed by atoms with Crippen molar-refractivity contribution >= 4 is 5.91 Å². The van der Waals surface area contributed by atoms with Gasteiger partial charge in [-0.3, -0.25) is 4.79 Å². The second-order valence-electron chi connectivity index (χ2n) is 4.81. The molecule has 110 valence electrons. The zero-order valence-corrected chi connectivity index (χ0v) is 11.6. The van der Waals surface area contributed by atoms with E-state index in [1.54, 1.807) is 0 Å². The van der Waals surface area contributed by atoms with Gasteiger partial charge in [0.2, 0.25) is 0 Å². The number of hydrogen-bond donors (Lipinski definition) is 3. The fraction of sp³-hybridized carbons (Fsp3) is 0.188. The van der Waals surface area contributed by atoms with Gasteiger partial charge in [0.15, 0.2) is 0 Å². The van der Waals surface area contributed by atoms with Crippen molar-refractivity contribution in [2.75, 3.05) is 0 Å². The molecule has 0 heterocycles. The van der Waals surface area contributed by atoms with E-state index in [1.807, 2.05) is 31.2 Å². The summed E-state index contributed by atoms with van der Waals surface area (Å²) in [5.41, 5.74) is 7.34. The summed E-state index contributed by atoms with van der Waals surface area (Å²) >= 11 is 0. The molecule has 1 amide bonds. The molecule has 0 aliphatic rings. The van der Waals surface area contributed by atoms with Gasteiger partial charge >= 0.3 is 0 Å². The standard InChI is InChI=1S/C16H17FN2O2/c1-10(12-4-2-11(9-18)3-5-12)19-16(21)14-7-6-13(20)8-15(14)17/h2-8,10,20H,9,18H2,1H3,(H,19,21). The Morgan fingerprint density at radius 3 is 2.52 bits per heavy atom. The summed E-state index contributed by atoms with van der Waals surface area (Å²) in [7, 11) is 0. The van der Waals surface area contributed by atoms with Gasteiger partial charge in [-0.2, -0.15) is 0 Å². The van der Waals surface area contributed by atoms with Gasteiger partial charge in [-0.05, 0) is 30.2 Å². The van der Waals surface area contributed by atoms with Crippen LogP contribution in [0.25, 0.3) is 0 Å². The molecular weight excluding hydrogens is 271 g/mol. The van der Waals surface area contributed by atoms with Crippen molar-refractivity contribution in [3.05, 3.63) is 65.0 Å². The van der Waals surface area contributed by atoms with E-state index in [4.69, 9.17) is 10.8 Å². The van der Waals surface area contributed by atoms with Gasteiger partial charge in [0.25, 0.3) is 5.91 Å². The first-order valence-electron chi connectivity index (χ1n) is 6.59. The number of rotatable bonds is 4. The molecule has 0 saturated carbocycles. The lowest BCUT2D eigenvalue weighted by molar-refractivity contribution is 0.0936. The summed E-state index contributed by atoms with van der Waals surface area (Å²) in [4.78, 5) is 12.0. The molecule has 0 radical (unpaired) electrons. The number of phenols is 1. The highest BCUT2D eigenvalue weighted by Gasteiger charge is 2.15. The summed E-state index contributed by atoms with van der Waals surface area (Å²) in [6.45, 7) is 2.27. The van der Waals surface area contributed by atoms with E-state index < -0.39 is 11.7 Å². The summed E-state index contributed by atoms with van der Waals surface area (Å²) in [5.74, 6) is -1.49. The Bertz CT molecular complexity index is 641. The average Bonchev–Trinajstić information content (AvgIpc) is 2.47. The van der Waals surface area contributed by atoms with Gasteiger partial charge in [0, 0.05) is 12.6 Å². The largest absolute Gasteiger partial charge is 0.508 e. The summed E-state index contributed by atoms with van der Waals surface area (Å²) in [5, 5.41) is 11.9. The highest BCUT2D eigenvalue weighted by molar-refractivity contribution is 5.94. The van der Waals surface area contributed by atoms with Gasteiger partial charge in [0.1, 0.15) is 11.6 Å². The lowest BCUT2D eigenvalue weighted by Crippen LogP contribution is -2.27. The molecule has 5 heteroatoms. The van der Waals surface area contributed by atoms with Crippen LogP contribution in [0.1, 0.15) is 34.5 Å². The first kappa shape index (κ1) is 15.0. The zero-order chi connectivity index (χ0) is 15.4. The Labute approximate surface area is 122 Å². The molecule has 4 N–H and O–H groups in total. The molecule has 0 spiro atoms. The number of carbonyl (C=O) groups excluding carboxylic acids is 1. The Morgan fingerprint density at radius 1 is 1.29 bits per heavy atom. The number of nitrogens with two attached hydrogens (primary N) is 1. The molecule has 0 bridgehead atoms. The molecule has 4 nitrogen and oxygen atoms in total. The number of nitrogens with one attached hydrogen (secondary N) is 1. The average molecular weight is 288 g/mol. The molecule has 0 aromatic heterocycles. The highest BCUT2D eigenvalue weighted by atomic mass is 19.1. The van der Waals surface area contributed by atoms with E-state index in [-0.39, 0.29) is 17.4 Å². The first-order valence-corrected chi connectivity index (χ1v) is 6.59. The minimum absolute atomic E-state index is 0.0989. The predicted octanol–water partition coefficient (Wildman–Crippen LogP) is 2.48. The second kappa shape index (κ2) is 6.37. The second-order valence-corrected chi connectivity index (χ2v) is 4.81. The van der Waals surface area contributed by atoms with Gasteiger partial charge in [-0.1, -0.05) is 24.3 Å². The Balaban J connectivity index is 2.10. The fourth-order valence-corrected chi connectivity index (χ4v) is 1.99. The van der Waals surface area contributed by atoms with Crippen LogP contribution in [-0.2, 0) is 6.54 Å². The number of carbonyl (C=O) groups is 1. The van der Waals surface area contributed by atoms with Crippen molar-refractivity contribution in [3.63, 3.8) is 0 Å². The number of benzene rings is 2. The fourth-order valence-electron chi connectivity index (χ4n) is 1.99. The van der Waals surface area contributed by atoms with Crippen LogP contribution in [0.2, 0.25) is 0 Å². The first-order chi connectivity index (χ1) is 10.0. The number of aromatic hydroxyl groups is 1. The Kier molecular flexibility index (Phi) is 4.55. The van der Waals surface area contributed by atoms with Gasteiger partial charge in [-0.25, -0.2) is 4.39 Å². The molecule has 2 rings (SSSR count). The molecule has 2 aromatic rings. The van der Waals surface area contributed by atoms with Gasteiger partial charge in [0.05, 0.1) is 11.6 Å². The lowest BCUT2D eigenvalue weighted by Gasteiger charge is -2.15. The minimum Gasteiger partial charge on any atom is -0.508 e. The smallest absolute Gasteiger partial charge is 0.254 e. The third-order valence-corrected chi connectivity index (χ3v) is 3.26. The molecular formula is C16H17FN2O2. The third kappa shape index (κ3) is 3.58. The van der Waals surface area contributed by atoms with Crippen LogP contribution >= 0.6 is 0 Å². The van der Waals surface area contributed by atoms with Crippen LogP contribution in [-0.4, -0.2) is 11.0 Å². The zero-order valence-electron chi connectivity index (χ0n) is 11.6. The predicted molar refractivity (Wildman–Crippen MR) is 78.3 cm³/mol. The van der Waals surface area contributed by atoms with Crippen molar-refractivity contribution in [1.29, 1.82) is 0 Å². The topological polar surface area (TPSA) is 75.3 Å². The Hall–Kier alpha value is -2.40. The van der Waals surface area contributed by atoms with Crippen LogP contribution in [0.15, 0.2) is 42.5 Å². The van der Waals surface area contributed by atoms with Crippen LogP contribution in [0.3, 0.4) is 0 Å².